The zero-order valence-electron chi connectivity index (χ0n) is 14.2. The van der Waals surface area contributed by atoms with Crippen molar-refractivity contribution in [2.75, 3.05) is 12.3 Å². The van der Waals surface area contributed by atoms with Gasteiger partial charge in [-0.1, -0.05) is 6.42 Å². The third-order valence-electron chi connectivity index (χ3n) is 6.01. The lowest BCUT2D eigenvalue weighted by molar-refractivity contribution is 0.0924. The molecule has 6 nitrogen and oxygen atoms in total. The van der Waals surface area contributed by atoms with Gasteiger partial charge >= 0.3 is 0 Å². The number of nitrogens with one attached hydrogen (secondary N) is 1. The van der Waals surface area contributed by atoms with E-state index in [4.69, 9.17) is 5.73 Å². The van der Waals surface area contributed by atoms with Crippen molar-refractivity contribution < 1.29 is 4.79 Å². The van der Waals surface area contributed by atoms with Gasteiger partial charge in [0, 0.05) is 30.9 Å². The molecule has 3 N–H and O–H groups in total. The molecule has 0 aromatic carbocycles. The average Bonchev–Trinajstić information content (AvgIpc) is 3.28. The smallest absolute Gasteiger partial charge is 0.253 e. The van der Waals surface area contributed by atoms with E-state index in [0.29, 0.717) is 11.8 Å². The standard InChI is InChI=1S/C19H23N5O/c20-19-21-7-6-15(23-19)16-8-13-17(24(16)10-11-4-5-11)14(9-22-18(13)25)12-2-1-3-12/h6-8,11-12,14H,1-5,9-10H2,(H,22,25)(H2,20,21,23). The lowest BCUT2D eigenvalue weighted by Gasteiger charge is -2.37. The molecule has 2 aliphatic carbocycles. The van der Waals surface area contributed by atoms with Crippen LogP contribution in [0.15, 0.2) is 18.3 Å². The number of carbonyl (C=O) groups excluding carboxylic acids is 1. The highest BCUT2D eigenvalue weighted by Crippen LogP contribution is 2.44. The third-order valence-corrected chi connectivity index (χ3v) is 6.01. The molecule has 3 heterocycles. The van der Waals surface area contributed by atoms with E-state index in [1.54, 1.807) is 6.20 Å². The van der Waals surface area contributed by atoms with Crippen molar-refractivity contribution in [3.05, 3.63) is 29.6 Å². The predicted molar refractivity (Wildman–Crippen MR) is 95.0 cm³/mol. The quantitative estimate of drug-likeness (QED) is 0.898. The number of hydrogen-bond donors (Lipinski definition) is 2. The molecule has 2 aromatic rings. The summed E-state index contributed by atoms with van der Waals surface area (Å²) < 4.78 is 2.37. The highest BCUT2D eigenvalue weighted by Gasteiger charge is 2.39. The molecule has 3 aliphatic rings. The number of nitrogens with zero attached hydrogens (tertiary/aromatic N) is 3. The van der Waals surface area contributed by atoms with E-state index in [1.807, 2.05) is 12.1 Å². The SMILES string of the molecule is Nc1nccc(-c2cc3c(n2CC2CC2)C(C2CCC2)CNC3=O)n1. The van der Waals surface area contributed by atoms with Gasteiger partial charge in [-0.2, -0.15) is 0 Å². The van der Waals surface area contributed by atoms with Gasteiger partial charge in [-0.3, -0.25) is 4.79 Å². The van der Waals surface area contributed by atoms with Crippen molar-refractivity contribution in [3.8, 4) is 11.4 Å². The molecule has 2 aromatic heterocycles. The van der Waals surface area contributed by atoms with Crippen LogP contribution in [-0.4, -0.2) is 27.0 Å². The summed E-state index contributed by atoms with van der Waals surface area (Å²) in [4.78, 5) is 21.0. The molecule has 6 heteroatoms. The molecule has 1 aliphatic heterocycles. The first kappa shape index (κ1) is 14.9. The Hall–Kier alpha value is -2.37. The molecule has 0 bridgehead atoms. The molecule has 1 amide bonds. The lowest BCUT2D eigenvalue weighted by Crippen LogP contribution is -2.40. The van der Waals surface area contributed by atoms with E-state index in [1.165, 1.54) is 37.8 Å². The van der Waals surface area contributed by atoms with Crippen molar-refractivity contribution in [3.63, 3.8) is 0 Å². The molecule has 5 rings (SSSR count). The van der Waals surface area contributed by atoms with Gasteiger partial charge in [-0.25, -0.2) is 9.97 Å². The first-order valence-electron chi connectivity index (χ1n) is 9.31. The number of aromatic nitrogens is 3. The number of amides is 1. The summed E-state index contributed by atoms with van der Waals surface area (Å²) in [6.45, 7) is 1.74. The molecule has 25 heavy (non-hydrogen) atoms. The number of anilines is 1. The van der Waals surface area contributed by atoms with Gasteiger partial charge in [0.2, 0.25) is 5.95 Å². The van der Waals surface area contributed by atoms with Gasteiger partial charge in [0.05, 0.1) is 17.0 Å². The first-order valence-corrected chi connectivity index (χ1v) is 9.31. The molecule has 130 valence electrons. The van der Waals surface area contributed by atoms with Crippen LogP contribution in [0.2, 0.25) is 0 Å². The zero-order chi connectivity index (χ0) is 17.0. The second-order valence-electron chi connectivity index (χ2n) is 7.69. The van der Waals surface area contributed by atoms with E-state index < -0.39 is 0 Å². The van der Waals surface area contributed by atoms with Gasteiger partial charge in [-0.15, -0.1) is 0 Å². The van der Waals surface area contributed by atoms with E-state index in [0.717, 1.165) is 36.0 Å². The summed E-state index contributed by atoms with van der Waals surface area (Å²) in [5.41, 5.74) is 9.68. The number of rotatable bonds is 4. The van der Waals surface area contributed by atoms with Crippen LogP contribution < -0.4 is 11.1 Å². The Balaban J connectivity index is 1.67. The van der Waals surface area contributed by atoms with E-state index in [-0.39, 0.29) is 11.9 Å². The van der Waals surface area contributed by atoms with Crippen molar-refractivity contribution in [2.45, 2.75) is 44.6 Å². The Kier molecular flexibility index (Phi) is 3.33. The molecule has 0 spiro atoms. The molecular weight excluding hydrogens is 314 g/mol. The Bertz CT molecular complexity index is 834. The summed E-state index contributed by atoms with van der Waals surface area (Å²) >= 11 is 0. The lowest BCUT2D eigenvalue weighted by atomic mass is 9.73. The largest absolute Gasteiger partial charge is 0.368 e. The molecule has 0 radical (unpaired) electrons. The normalized spacial score (nSPS) is 23.0. The Morgan fingerprint density at radius 3 is 2.80 bits per heavy atom. The second kappa shape index (κ2) is 5.58. The summed E-state index contributed by atoms with van der Waals surface area (Å²) in [7, 11) is 0. The number of fused-ring (bicyclic) bond motifs is 1. The summed E-state index contributed by atoms with van der Waals surface area (Å²) in [5.74, 6) is 2.16. The van der Waals surface area contributed by atoms with Crippen LogP contribution in [0.25, 0.3) is 11.4 Å². The van der Waals surface area contributed by atoms with E-state index in [2.05, 4.69) is 19.9 Å². The van der Waals surface area contributed by atoms with Crippen LogP contribution in [0, 0.1) is 11.8 Å². The minimum absolute atomic E-state index is 0.0448. The first-order chi connectivity index (χ1) is 12.2. The molecule has 2 fully saturated rings. The maximum atomic E-state index is 12.5. The van der Waals surface area contributed by atoms with Crippen molar-refractivity contribution in [1.29, 1.82) is 0 Å². The van der Waals surface area contributed by atoms with Crippen molar-refractivity contribution in [1.82, 2.24) is 19.9 Å². The second-order valence-corrected chi connectivity index (χ2v) is 7.69. The fourth-order valence-electron chi connectivity index (χ4n) is 4.26. The fourth-order valence-corrected chi connectivity index (χ4v) is 4.26. The van der Waals surface area contributed by atoms with Gasteiger partial charge in [-0.05, 0) is 49.7 Å². The fraction of sp³-hybridized carbons (Fsp3) is 0.526. The maximum absolute atomic E-state index is 12.5. The van der Waals surface area contributed by atoms with Gasteiger partial charge < -0.3 is 15.6 Å². The minimum atomic E-state index is 0.0448. The number of nitrogens with two attached hydrogens (primary N) is 1. The monoisotopic (exact) mass is 337 g/mol. The topological polar surface area (TPSA) is 85.8 Å². The highest BCUT2D eigenvalue weighted by atomic mass is 16.1. The highest BCUT2D eigenvalue weighted by molar-refractivity contribution is 5.98. The average molecular weight is 337 g/mol. The maximum Gasteiger partial charge on any atom is 0.253 e. The van der Waals surface area contributed by atoms with Crippen LogP contribution in [0.3, 0.4) is 0 Å². The zero-order valence-corrected chi connectivity index (χ0v) is 14.2. The van der Waals surface area contributed by atoms with E-state index in [9.17, 15) is 4.79 Å². The van der Waals surface area contributed by atoms with Gasteiger partial charge in [0.1, 0.15) is 0 Å². The Morgan fingerprint density at radius 2 is 2.12 bits per heavy atom. The minimum Gasteiger partial charge on any atom is -0.368 e. The van der Waals surface area contributed by atoms with Gasteiger partial charge in [0.15, 0.2) is 0 Å². The molecular formula is C19H23N5O. The van der Waals surface area contributed by atoms with Gasteiger partial charge in [0.25, 0.3) is 5.91 Å². The number of carbonyl (C=O) groups is 1. The summed E-state index contributed by atoms with van der Waals surface area (Å²) in [5, 5.41) is 3.10. The van der Waals surface area contributed by atoms with Crippen LogP contribution >= 0.6 is 0 Å². The molecule has 2 saturated carbocycles. The van der Waals surface area contributed by atoms with Crippen LogP contribution in [0.5, 0.6) is 0 Å². The molecule has 0 saturated heterocycles. The summed E-state index contributed by atoms with van der Waals surface area (Å²) in [6, 6.07) is 3.90. The molecule has 1 atom stereocenters. The van der Waals surface area contributed by atoms with Crippen LogP contribution in [0.4, 0.5) is 5.95 Å². The van der Waals surface area contributed by atoms with Crippen molar-refractivity contribution in [2.24, 2.45) is 11.8 Å². The Labute approximate surface area is 146 Å². The Morgan fingerprint density at radius 1 is 1.28 bits per heavy atom. The summed E-state index contributed by atoms with van der Waals surface area (Å²) in [6.07, 6.45) is 8.09. The molecule has 1 unspecified atom stereocenters. The number of hydrogen-bond acceptors (Lipinski definition) is 4. The number of nitrogen functional groups attached to an aromatic ring is 1. The predicted octanol–water partition coefficient (Wildman–Crippen LogP) is 2.56. The van der Waals surface area contributed by atoms with Crippen molar-refractivity contribution >= 4 is 11.9 Å². The third kappa shape index (κ3) is 2.51. The van der Waals surface area contributed by atoms with E-state index >= 15 is 0 Å². The van der Waals surface area contributed by atoms with Crippen LogP contribution in [-0.2, 0) is 6.54 Å². The van der Waals surface area contributed by atoms with Crippen LogP contribution in [0.1, 0.15) is 54.1 Å².